The van der Waals surface area contributed by atoms with Crippen molar-refractivity contribution in [2.75, 3.05) is 11.0 Å². The first-order valence-corrected chi connectivity index (χ1v) is 7.49. The number of ether oxygens (including phenoxy) is 1. The summed E-state index contributed by atoms with van der Waals surface area (Å²) in [6.45, 7) is 5.39. The second-order valence-corrected chi connectivity index (χ2v) is 5.34. The molecule has 0 saturated carbocycles. The van der Waals surface area contributed by atoms with E-state index in [0.29, 0.717) is 0 Å². The minimum atomic E-state index is 0.258. The van der Waals surface area contributed by atoms with Gasteiger partial charge in [-0.2, -0.15) is 0 Å². The highest BCUT2D eigenvalue weighted by molar-refractivity contribution is 14.1. The van der Waals surface area contributed by atoms with Crippen LogP contribution in [-0.2, 0) is 4.74 Å². The van der Waals surface area contributed by atoms with Gasteiger partial charge in [0.05, 0.1) is 6.10 Å². The molecular weight excluding hydrogens is 311 g/mol. The maximum absolute atomic E-state index is 5.92. The van der Waals surface area contributed by atoms with Crippen molar-refractivity contribution in [2.24, 2.45) is 5.92 Å². The van der Waals surface area contributed by atoms with Crippen molar-refractivity contribution in [2.45, 2.75) is 32.8 Å². The van der Waals surface area contributed by atoms with Gasteiger partial charge in [0, 0.05) is 11.0 Å². The molecule has 0 aliphatic carbocycles. The first-order valence-electron chi connectivity index (χ1n) is 5.96. The predicted molar refractivity (Wildman–Crippen MR) is 78.1 cm³/mol. The van der Waals surface area contributed by atoms with E-state index in [1.807, 2.05) is 6.07 Å². The van der Waals surface area contributed by atoms with Gasteiger partial charge in [0.15, 0.2) is 0 Å². The molecular formula is C14H21IO. The number of alkyl halides is 1. The SMILES string of the molecule is CC(C)CCCOC(CI)c1ccccc1. The van der Waals surface area contributed by atoms with Crippen molar-refractivity contribution in [3.63, 3.8) is 0 Å². The fourth-order valence-corrected chi connectivity index (χ4v) is 2.38. The van der Waals surface area contributed by atoms with Crippen LogP contribution in [0.15, 0.2) is 30.3 Å². The van der Waals surface area contributed by atoms with Crippen LogP contribution in [0.3, 0.4) is 0 Å². The molecule has 90 valence electrons. The molecule has 2 heteroatoms. The predicted octanol–water partition coefficient (Wildman–Crippen LogP) is 4.62. The van der Waals surface area contributed by atoms with E-state index >= 15 is 0 Å². The van der Waals surface area contributed by atoms with Crippen LogP contribution in [0.25, 0.3) is 0 Å². The fraction of sp³-hybridized carbons (Fsp3) is 0.571. The Labute approximate surface area is 113 Å². The molecule has 1 unspecified atom stereocenters. The zero-order valence-corrected chi connectivity index (χ0v) is 12.3. The van der Waals surface area contributed by atoms with Gasteiger partial charge in [0.2, 0.25) is 0 Å². The second-order valence-electron chi connectivity index (χ2n) is 4.46. The van der Waals surface area contributed by atoms with Crippen molar-refractivity contribution in [1.82, 2.24) is 0 Å². The van der Waals surface area contributed by atoms with Gasteiger partial charge >= 0.3 is 0 Å². The highest BCUT2D eigenvalue weighted by Crippen LogP contribution is 2.20. The minimum Gasteiger partial charge on any atom is -0.373 e. The summed E-state index contributed by atoms with van der Waals surface area (Å²) in [5.74, 6) is 0.776. The van der Waals surface area contributed by atoms with Gasteiger partial charge in [-0.25, -0.2) is 0 Å². The van der Waals surface area contributed by atoms with Crippen LogP contribution in [0, 0.1) is 5.92 Å². The summed E-state index contributed by atoms with van der Waals surface area (Å²) in [5.41, 5.74) is 1.29. The topological polar surface area (TPSA) is 9.23 Å². The fourth-order valence-electron chi connectivity index (χ4n) is 1.61. The summed E-state index contributed by atoms with van der Waals surface area (Å²) in [7, 11) is 0. The standard InChI is InChI=1S/C14H21IO/c1-12(2)7-6-10-16-14(11-15)13-8-4-3-5-9-13/h3-5,8-9,12,14H,6-7,10-11H2,1-2H3. The van der Waals surface area contributed by atoms with Gasteiger partial charge in [0.1, 0.15) is 0 Å². The lowest BCUT2D eigenvalue weighted by molar-refractivity contribution is 0.0666. The van der Waals surface area contributed by atoms with Gasteiger partial charge in [-0.15, -0.1) is 0 Å². The lowest BCUT2D eigenvalue weighted by Gasteiger charge is -2.16. The van der Waals surface area contributed by atoms with Crippen molar-refractivity contribution in [1.29, 1.82) is 0 Å². The quantitative estimate of drug-likeness (QED) is 0.402. The highest BCUT2D eigenvalue weighted by atomic mass is 127. The Kier molecular flexibility index (Phi) is 7.05. The summed E-state index contributed by atoms with van der Waals surface area (Å²) in [5, 5.41) is 0. The molecule has 1 aromatic rings. The van der Waals surface area contributed by atoms with Gasteiger partial charge in [-0.3, -0.25) is 0 Å². The van der Waals surface area contributed by atoms with Gasteiger partial charge < -0.3 is 4.74 Å². The molecule has 0 fully saturated rings. The van der Waals surface area contributed by atoms with E-state index in [0.717, 1.165) is 23.4 Å². The third-order valence-electron chi connectivity index (χ3n) is 2.56. The lowest BCUT2D eigenvalue weighted by Crippen LogP contribution is -2.07. The van der Waals surface area contributed by atoms with E-state index in [9.17, 15) is 0 Å². The van der Waals surface area contributed by atoms with Crippen molar-refractivity contribution in [3.8, 4) is 0 Å². The summed E-state index contributed by atoms with van der Waals surface area (Å²) in [4.78, 5) is 0. The zero-order chi connectivity index (χ0) is 11.8. The Bertz CT molecular complexity index is 271. The second kappa shape index (κ2) is 8.07. The summed E-state index contributed by atoms with van der Waals surface area (Å²) < 4.78 is 6.94. The van der Waals surface area contributed by atoms with Crippen LogP contribution in [0.5, 0.6) is 0 Å². The zero-order valence-electron chi connectivity index (χ0n) is 10.2. The van der Waals surface area contributed by atoms with Crippen LogP contribution < -0.4 is 0 Å². The summed E-state index contributed by atoms with van der Waals surface area (Å²) >= 11 is 2.39. The Morgan fingerprint density at radius 1 is 1.19 bits per heavy atom. The maximum atomic E-state index is 5.92. The molecule has 0 radical (unpaired) electrons. The number of hydrogen-bond donors (Lipinski definition) is 0. The highest BCUT2D eigenvalue weighted by Gasteiger charge is 2.09. The Hall–Kier alpha value is -0.0900. The first-order chi connectivity index (χ1) is 7.74. The number of benzene rings is 1. The van der Waals surface area contributed by atoms with Crippen LogP contribution in [0.1, 0.15) is 38.4 Å². The normalized spacial score (nSPS) is 13.0. The van der Waals surface area contributed by atoms with Crippen molar-refractivity contribution < 1.29 is 4.74 Å². The Morgan fingerprint density at radius 2 is 1.88 bits per heavy atom. The molecule has 0 heterocycles. The Morgan fingerprint density at radius 3 is 2.44 bits per heavy atom. The molecule has 1 nitrogen and oxygen atoms in total. The van der Waals surface area contributed by atoms with E-state index in [1.54, 1.807) is 0 Å². The van der Waals surface area contributed by atoms with Gasteiger partial charge in [-0.05, 0) is 24.3 Å². The lowest BCUT2D eigenvalue weighted by atomic mass is 10.1. The van der Waals surface area contributed by atoms with E-state index in [4.69, 9.17) is 4.74 Å². The maximum Gasteiger partial charge on any atom is 0.0914 e. The molecule has 0 N–H and O–H groups in total. The monoisotopic (exact) mass is 332 g/mol. The molecule has 0 aromatic heterocycles. The molecule has 0 saturated heterocycles. The molecule has 0 aliphatic rings. The van der Waals surface area contributed by atoms with Crippen molar-refractivity contribution >= 4 is 22.6 Å². The van der Waals surface area contributed by atoms with Crippen LogP contribution >= 0.6 is 22.6 Å². The molecule has 0 spiro atoms. The first kappa shape index (κ1) is 14.0. The van der Waals surface area contributed by atoms with Gasteiger partial charge in [-0.1, -0.05) is 66.8 Å². The number of halogens is 1. The molecule has 0 amide bonds. The largest absolute Gasteiger partial charge is 0.373 e. The molecule has 1 rings (SSSR count). The molecule has 0 aliphatic heterocycles. The van der Waals surface area contributed by atoms with Gasteiger partial charge in [0.25, 0.3) is 0 Å². The average Bonchev–Trinajstić information content (AvgIpc) is 2.30. The Balaban J connectivity index is 2.33. The van der Waals surface area contributed by atoms with E-state index < -0.39 is 0 Å². The van der Waals surface area contributed by atoms with E-state index in [1.165, 1.54) is 12.0 Å². The van der Waals surface area contributed by atoms with E-state index in [2.05, 4.69) is 60.7 Å². The molecule has 16 heavy (non-hydrogen) atoms. The number of hydrogen-bond acceptors (Lipinski definition) is 1. The van der Waals surface area contributed by atoms with Crippen molar-refractivity contribution in [3.05, 3.63) is 35.9 Å². The summed E-state index contributed by atoms with van der Waals surface area (Å²) in [6, 6.07) is 10.5. The third-order valence-corrected chi connectivity index (χ3v) is 3.36. The summed E-state index contributed by atoms with van der Waals surface area (Å²) in [6.07, 6.45) is 2.68. The van der Waals surface area contributed by atoms with Crippen LogP contribution in [0.2, 0.25) is 0 Å². The number of rotatable bonds is 7. The van der Waals surface area contributed by atoms with Crippen LogP contribution in [0.4, 0.5) is 0 Å². The van der Waals surface area contributed by atoms with E-state index in [-0.39, 0.29) is 6.10 Å². The third kappa shape index (κ3) is 5.30. The molecule has 0 bridgehead atoms. The average molecular weight is 332 g/mol. The molecule has 1 aromatic carbocycles. The van der Waals surface area contributed by atoms with Crippen LogP contribution in [-0.4, -0.2) is 11.0 Å². The molecule has 1 atom stereocenters. The minimum absolute atomic E-state index is 0.258. The smallest absolute Gasteiger partial charge is 0.0914 e.